The third kappa shape index (κ3) is 5.45. The maximum absolute atomic E-state index is 4.65. The SMILES string of the molecule is CC(=NC(C)(C)C)C(Br)C(C)(C)C. The van der Waals surface area contributed by atoms with Crippen LogP contribution in [0.4, 0.5) is 0 Å². The highest BCUT2D eigenvalue weighted by Gasteiger charge is 2.25. The molecule has 0 rings (SSSR count). The van der Waals surface area contributed by atoms with Crippen molar-refractivity contribution in [2.24, 2.45) is 10.4 Å². The third-order valence-electron chi connectivity index (χ3n) is 1.64. The zero-order chi connectivity index (χ0) is 10.9. The molecule has 0 saturated carbocycles. The van der Waals surface area contributed by atoms with Crippen LogP contribution < -0.4 is 0 Å². The van der Waals surface area contributed by atoms with Crippen LogP contribution in [0.1, 0.15) is 48.5 Å². The van der Waals surface area contributed by atoms with Crippen molar-refractivity contribution >= 4 is 21.6 Å². The van der Waals surface area contributed by atoms with Crippen LogP contribution in [0.15, 0.2) is 4.99 Å². The molecule has 0 bridgehead atoms. The molecule has 0 aromatic heterocycles. The van der Waals surface area contributed by atoms with Crippen molar-refractivity contribution in [3.8, 4) is 0 Å². The first kappa shape index (κ1) is 13.2. The van der Waals surface area contributed by atoms with Gasteiger partial charge in [0.25, 0.3) is 0 Å². The Morgan fingerprint density at radius 3 is 1.69 bits per heavy atom. The molecular weight excluding hydrogens is 226 g/mol. The van der Waals surface area contributed by atoms with Crippen molar-refractivity contribution in [3.63, 3.8) is 0 Å². The second-order valence-electron chi connectivity index (χ2n) is 5.65. The van der Waals surface area contributed by atoms with Crippen LogP contribution in [0.3, 0.4) is 0 Å². The minimum Gasteiger partial charge on any atom is -0.287 e. The molecule has 1 nitrogen and oxygen atoms in total. The largest absolute Gasteiger partial charge is 0.287 e. The molecule has 0 saturated heterocycles. The Kier molecular flexibility index (Phi) is 4.17. The Morgan fingerprint density at radius 2 is 1.46 bits per heavy atom. The van der Waals surface area contributed by atoms with Gasteiger partial charge in [0.2, 0.25) is 0 Å². The second-order valence-corrected chi connectivity index (χ2v) is 6.57. The molecule has 0 aliphatic heterocycles. The van der Waals surface area contributed by atoms with Gasteiger partial charge >= 0.3 is 0 Å². The predicted octanol–water partition coefficient (Wildman–Crippen LogP) is 4.06. The summed E-state index contributed by atoms with van der Waals surface area (Å²) < 4.78 is 0. The average Bonchev–Trinajstić information content (AvgIpc) is 1.79. The summed E-state index contributed by atoms with van der Waals surface area (Å²) in [5, 5.41) is 0. The Bertz CT molecular complexity index is 193. The number of halogens is 1. The summed E-state index contributed by atoms with van der Waals surface area (Å²) in [6.07, 6.45) is 0. The van der Waals surface area contributed by atoms with E-state index in [2.05, 4.69) is 69.4 Å². The van der Waals surface area contributed by atoms with Crippen LogP contribution in [-0.2, 0) is 0 Å². The molecule has 0 aliphatic carbocycles. The zero-order valence-electron chi connectivity index (χ0n) is 9.90. The molecule has 0 aliphatic rings. The first-order valence-electron chi connectivity index (χ1n) is 4.74. The second kappa shape index (κ2) is 4.12. The van der Waals surface area contributed by atoms with E-state index in [0.29, 0.717) is 4.83 Å². The summed E-state index contributed by atoms with van der Waals surface area (Å²) in [6, 6.07) is 0. The van der Waals surface area contributed by atoms with Crippen molar-refractivity contribution in [2.75, 3.05) is 0 Å². The minimum atomic E-state index is 0.0291. The van der Waals surface area contributed by atoms with Crippen LogP contribution in [-0.4, -0.2) is 16.1 Å². The van der Waals surface area contributed by atoms with Gasteiger partial charge in [-0.15, -0.1) is 0 Å². The molecule has 0 N–H and O–H groups in total. The van der Waals surface area contributed by atoms with E-state index in [-0.39, 0.29) is 11.0 Å². The smallest absolute Gasteiger partial charge is 0.0570 e. The molecule has 0 fully saturated rings. The molecule has 0 radical (unpaired) electrons. The number of nitrogens with zero attached hydrogens (tertiary/aromatic N) is 1. The first-order chi connectivity index (χ1) is 5.54. The Morgan fingerprint density at radius 1 is 1.08 bits per heavy atom. The van der Waals surface area contributed by atoms with E-state index in [1.165, 1.54) is 5.71 Å². The summed E-state index contributed by atoms with van der Waals surface area (Å²) in [5.41, 5.74) is 1.44. The van der Waals surface area contributed by atoms with E-state index in [1.807, 2.05) is 0 Å². The summed E-state index contributed by atoms with van der Waals surface area (Å²) in [4.78, 5) is 5.01. The van der Waals surface area contributed by atoms with Crippen LogP contribution in [0.25, 0.3) is 0 Å². The van der Waals surface area contributed by atoms with Gasteiger partial charge in [-0.3, -0.25) is 4.99 Å². The maximum Gasteiger partial charge on any atom is 0.0570 e. The van der Waals surface area contributed by atoms with Gasteiger partial charge in [-0.05, 0) is 33.1 Å². The normalized spacial score (nSPS) is 17.4. The first-order valence-corrected chi connectivity index (χ1v) is 5.66. The van der Waals surface area contributed by atoms with E-state index >= 15 is 0 Å². The van der Waals surface area contributed by atoms with Crippen LogP contribution in [0.5, 0.6) is 0 Å². The lowest BCUT2D eigenvalue weighted by Gasteiger charge is -2.27. The fourth-order valence-corrected chi connectivity index (χ4v) is 1.31. The zero-order valence-corrected chi connectivity index (χ0v) is 11.5. The van der Waals surface area contributed by atoms with Gasteiger partial charge in [0.1, 0.15) is 0 Å². The average molecular weight is 248 g/mol. The molecule has 1 unspecified atom stereocenters. The summed E-state index contributed by atoms with van der Waals surface area (Å²) in [6.45, 7) is 15.1. The molecule has 13 heavy (non-hydrogen) atoms. The van der Waals surface area contributed by atoms with Gasteiger partial charge in [0.05, 0.1) is 10.4 Å². The van der Waals surface area contributed by atoms with Gasteiger partial charge in [0.15, 0.2) is 0 Å². The van der Waals surface area contributed by atoms with Crippen LogP contribution in [0.2, 0.25) is 0 Å². The van der Waals surface area contributed by atoms with Crippen molar-refractivity contribution in [3.05, 3.63) is 0 Å². The van der Waals surface area contributed by atoms with E-state index < -0.39 is 0 Å². The fraction of sp³-hybridized carbons (Fsp3) is 0.909. The Hall–Kier alpha value is 0.150. The summed E-state index contributed by atoms with van der Waals surface area (Å²) >= 11 is 3.69. The molecule has 0 spiro atoms. The standard InChI is InChI=1S/C11H22BrN/c1-8(13-11(5,6)7)9(12)10(2,3)4/h9H,1-7H3. The number of alkyl halides is 1. The van der Waals surface area contributed by atoms with Gasteiger partial charge in [0, 0.05) is 5.71 Å². The lowest BCUT2D eigenvalue weighted by Crippen LogP contribution is -2.29. The van der Waals surface area contributed by atoms with Crippen molar-refractivity contribution in [2.45, 2.75) is 58.8 Å². The molecule has 0 aromatic carbocycles. The van der Waals surface area contributed by atoms with Crippen molar-refractivity contribution in [1.82, 2.24) is 0 Å². The highest BCUT2D eigenvalue weighted by Crippen LogP contribution is 2.28. The van der Waals surface area contributed by atoms with Crippen LogP contribution >= 0.6 is 15.9 Å². The third-order valence-corrected chi connectivity index (χ3v) is 3.67. The number of rotatable bonds is 1. The molecule has 0 heterocycles. The molecule has 1 atom stereocenters. The quantitative estimate of drug-likeness (QED) is 0.490. The van der Waals surface area contributed by atoms with Gasteiger partial charge in [-0.2, -0.15) is 0 Å². The lowest BCUT2D eigenvalue weighted by molar-refractivity contribution is 0.445. The highest BCUT2D eigenvalue weighted by molar-refractivity contribution is 9.10. The Balaban J connectivity index is 4.62. The highest BCUT2D eigenvalue weighted by atomic mass is 79.9. The predicted molar refractivity (Wildman–Crippen MR) is 65.0 cm³/mol. The monoisotopic (exact) mass is 247 g/mol. The van der Waals surface area contributed by atoms with Crippen LogP contribution in [0, 0.1) is 5.41 Å². The number of hydrogen-bond donors (Lipinski definition) is 0. The maximum atomic E-state index is 4.65. The lowest BCUT2D eigenvalue weighted by atomic mass is 9.89. The molecule has 0 aromatic rings. The van der Waals surface area contributed by atoms with Crippen molar-refractivity contribution < 1.29 is 0 Å². The van der Waals surface area contributed by atoms with Gasteiger partial charge in [-0.1, -0.05) is 36.7 Å². The molecule has 2 heteroatoms. The Labute approximate surface area is 91.2 Å². The number of aliphatic imine (C=N–C) groups is 1. The van der Waals surface area contributed by atoms with E-state index in [0.717, 1.165) is 0 Å². The van der Waals surface area contributed by atoms with Gasteiger partial charge < -0.3 is 0 Å². The minimum absolute atomic E-state index is 0.0291. The molecule has 0 amide bonds. The topological polar surface area (TPSA) is 12.4 Å². The van der Waals surface area contributed by atoms with Gasteiger partial charge in [-0.25, -0.2) is 0 Å². The number of hydrogen-bond acceptors (Lipinski definition) is 1. The molecule has 78 valence electrons. The van der Waals surface area contributed by atoms with E-state index in [1.54, 1.807) is 0 Å². The summed E-state index contributed by atoms with van der Waals surface area (Å²) in [5.74, 6) is 0. The van der Waals surface area contributed by atoms with Crippen molar-refractivity contribution in [1.29, 1.82) is 0 Å². The molecular formula is C11H22BrN. The fourth-order valence-electron chi connectivity index (χ4n) is 1.21. The van der Waals surface area contributed by atoms with E-state index in [4.69, 9.17) is 0 Å². The summed E-state index contributed by atoms with van der Waals surface area (Å²) in [7, 11) is 0. The van der Waals surface area contributed by atoms with E-state index in [9.17, 15) is 0 Å².